The van der Waals surface area contributed by atoms with Gasteiger partial charge in [-0.1, -0.05) is 0 Å². The van der Waals surface area contributed by atoms with Crippen molar-refractivity contribution in [2.24, 2.45) is 12.0 Å². The standard InChI is InChI=1S/C20H20F3N7O/c1-30-16(10-11-27-30)12-26-19(29-18(25)13-2-4-14(24)5-3-13)28-15-6-8-17(9-7-15)31-20(21,22)23/h2-11H,12,24H2,1H3,(H3,25,26,28,29). The summed E-state index contributed by atoms with van der Waals surface area (Å²) < 4.78 is 42.6. The minimum absolute atomic E-state index is 0.0305. The van der Waals surface area contributed by atoms with Crippen LogP contribution in [0.4, 0.5) is 24.5 Å². The highest BCUT2D eigenvalue weighted by Gasteiger charge is 2.30. The second kappa shape index (κ2) is 9.20. The van der Waals surface area contributed by atoms with Gasteiger partial charge in [-0.2, -0.15) is 10.1 Å². The van der Waals surface area contributed by atoms with Gasteiger partial charge in [-0.05, 0) is 54.6 Å². The van der Waals surface area contributed by atoms with Crippen LogP contribution in [0.15, 0.2) is 65.8 Å². The van der Waals surface area contributed by atoms with Gasteiger partial charge in [0.2, 0.25) is 5.96 Å². The lowest BCUT2D eigenvalue weighted by Crippen LogP contribution is -2.32. The number of hydrogen-bond donors (Lipinski definition) is 4. The summed E-state index contributed by atoms with van der Waals surface area (Å²) >= 11 is 0. The molecule has 0 bridgehead atoms. The SMILES string of the molecule is Cn1nccc1CN/C(=N/C(=N)c1ccc(N)cc1)Nc1ccc(OC(F)(F)F)cc1. The van der Waals surface area contributed by atoms with Crippen molar-refractivity contribution in [2.45, 2.75) is 12.9 Å². The van der Waals surface area contributed by atoms with E-state index in [-0.39, 0.29) is 17.5 Å². The minimum Gasteiger partial charge on any atom is -0.406 e. The lowest BCUT2D eigenvalue weighted by atomic mass is 10.2. The Morgan fingerprint density at radius 2 is 1.81 bits per heavy atom. The maximum absolute atomic E-state index is 12.3. The zero-order valence-corrected chi connectivity index (χ0v) is 16.4. The summed E-state index contributed by atoms with van der Waals surface area (Å²) in [6.07, 6.45) is -3.11. The summed E-state index contributed by atoms with van der Waals surface area (Å²) in [5.74, 6) is -0.140. The summed E-state index contributed by atoms with van der Waals surface area (Å²) in [5.41, 5.74) is 8.11. The van der Waals surface area contributed by atoms with E-state index in [9.17, 15) is 13.2 Å². The molecule has 2 aromatic carbocycles. The molecular weight excluding hydrogens is 411 g/mol. The number of halogens is 3. The first-order valence-corrected chi connectivity index (χ1v) is 9.06. The molecule has 0 saturated heterocycles. The summed E-state index contributed by atoms with van der Waals surface area (Å²) in [6.45, 7) is 0.354. The van der Waals surface area contributed by atoms with E-state index in [1.54, 1.807) is 42.2 Å². The van der Waals surface area contributed by atoms with Crippen LogP contribution in [0, 0.1) is 5.41 Å². The fourth-order valence-corrected chi connectivity index (χ4v) is 2.55. The molecule has 0 aliphatic carbocycles. The highest BCUT2D eigenvalue weighted by Crippen LogP contribution is 2.24. The number of aromatic nitrogens is 2. The number of nitrogen functional groups attached to an aromatic ring is 1. The number of benzene rings is 2. The predicted octanol–water partition coefficient (Wildman–Crippen LogP) is 3.48. The average molecular weight is 431 g/mol. The van der Waals surface area contributed by atoms with Crippen molar-refractivity contribution in [3.05, 3.63) is 72.1 Å². The first-order valence-electron chi connectivity index (χ1n) is 9.06. The molecule has 0 fully saturated rings. The molecule has 0 atom stereocenters. The van der Waals surface area contributed by atoms with Gasteiger partial charge in [-0.3, -0.25) is 10.1 Å². The Labute approximate surface area is 176 Å². The molecule has 1 heterocycles. The summed E-state index contributed by atoms with van der Waals surface area (Å²) in [4.78, 5) is 4.28. The van der Waals surface area contributed by atoms with Crippen molar-refractivity contribution >= 4 is 23.2 Å². The third-order valence-corrected chi connectivity index (χ3v) is 4.12. The van der Waals surface area contributed by atoms with Crippen LogP contribution in [0.2, 0.25) is 0 Å². The number of guanidine groups is 1. The number of aliphatic imine (C=N–C) groups is 1. The topological polar surface area (TPSA) is 113 Å². The molecule has 0 spiro atoms. The largest absolute Gasteiger partial charge is 0.573 e. The Balaban J connectivity index is 1.78. The van der Waals surface area contributed by atoms with Crippen LogP contribution in [0.5, 0.6) is 5.75 Å². The van der Waals surface area contributed by atoms with Gasteiger partial charge in [0, 0.05) is 30.2 Å². The van der Waals surface area contributed by atoms with Gasteiger partial charge in [0.25, 0.3) is 0 Å². The number of hydrogen-bond acceptors (Lipinski definition) is 4. The van der Waals surface area contributed by atoms with Gasteiger partial charge in [-0.15, -0.1) is 13.2 Å². The van der Waals surface area contributed by atoms with Crippen LogP contribution < -0.4 is 21.1 Å². The third-order valence-electron chi connectivity index (χ3n) is 4.12. The Hall–Kier alpha value is -4.02. The first kappa shape index (κ1) is 21.7. The maximum atomic E-state index is 12.3. The molecule has 0 unspecified atom stereocenters. The Bertz CT molecular complexity index is 1060. The van der Waals surface area contributed by atoms with Crippen molar-refractivity contribution in [1.82, 2.24) is 15.1 Å². The normalized spacial score (nSPS) is 11.8. The summed E-state index contributed by atoms with van der Waals surface area (Å²) in [5, 5.41) is 18.4. The molecule has 3 rings (SSSR count). The molecule has 3 aromatic rings. The van der Waals surface area contributed by atoms with Crippen LogP contribution >= 0.6 is 0 Å². The molecule has 1 aromatic heterocycles. The van der Waals surface area contributed by atoms with E-state index in [4.69, 9.17) is 11.1 Å². The highest BCUT2D eigenvalue weighted by atomic mass is 19.4. The molecule has 162 valence electrons. The number of amidine groups is 1. The van der Waals surface area contributed by atoms with Gasteiger partial charge in [0.15, 0.2) is 5.84 Å². The number of aryl methyl sites for hydroxylation is 1. The van der Waals surface area contributed by atoms with E-state index in [1.807, 2.05) is 6.07 Å². The van der Waals surface area contributed by atoms with Crippen molar-refractivity contribution in [2.75, 3.05) is 11.1 Å². The number of anilines is 2. The number of ether oxygens (including phenoxy) is 1. The fraction of sp³-hybridized carbons (Fsp3) is 0.150. The molecule has 0 radical (unpaired) electrons. The Kier molecular flexibility index (Phi) is 6.43. The number of nitrogens with zero attached hydrogens (tertiary/aromatic N) is 3. The van der Waals surface area contributed by atoms with E-state index in [0.29, 0.717) is 23.5 Å². The van der Waals surface area contributed by atoms with Crippen molar-refractivity contribution < 1.29 is 17.9 Å². The lowest BCUT2D eigenvalue weighted by molar-refractivity contribution is -0.274. The van der Waals surface area contributed by atoms with Crippen LogP contribution in [0.1, 0.15) is 11.3 Å². The van der Waals surface area contributed by atoms with E-state index in [0.717, 1.165) is 5.69 Å². The van der Waals surface area contributed by atoms with Gasteiger partial charge in [0.05, 0.1) is 12.2 Å². The van der Waals surface area contributed by atoms with E-state index in [2.05, 4.69) is 25.5 Å². The fourth-order valence-electron chi connectivity index (χ4n) is 2.55. The van der Waals surface area contributed by atoms with Crippen LogP contribution in [-0.2, 0) is 13.6 Å². The number of nitrogens with two attached hydrogens (primary N) is 1. The van der Waals surface area contributed by atoms with E-state index in [1.165, 1.54) is 24.3 Å². The van der Waals surface area contributed by atoms with Crippen molar-refractivity contribution in [1.29, 1.82) is 5.41 Å². The van der Waals surface area contributed by atoms with Crippen LogP contribution in [0.25, 0.3) is 0 Å². The second-order valence-corrected chi connectivity index (χ2v) is 6.43. The van der Waals surface area contributed by atoms with Gasteiger partial charge < -0.3 is 21.1 Å². The zero-order valence-electron chi connectivity index (χ0n) is 16.4. The number of alkyl halides is 3. The molecule has 0 aliphatic rings. The van der Waals surface area contributed by atoms with Gasteiger partial charge in [0.1, 0.15) is 5.75 Å². The number of rotatable bonds is 5. The zero-order chi connectivity index (χ0) is 22.4. The monoisotopic (exact) mass is 431 g/mol. The maximum Gasteiger partial charge on any atom is 0.573 e. The van der Waals surface area contributed by atoms with Crippen LogP contribution in [-0.4, -0.2) is 27.9 Å². The third kappa shape index (κ3) is 6.49. The molecule has 8 nitrogen and oxygen atoms in total. The molecular formula is C20H20F3N7O. The van der Waals surface area contributed by atoms with E-state index < -0.39 is 6.36 Å². The molecule has 0 saturated carbocycles. The van der Waals surface area contributed by atoms with E-state index >= 15 is 0 Å². The Morgan fingerprint density at radius 3 is 2.39 bits per heavy atom. The predicted molar refractivity (Wildman–Crippen MR) is 112 cm³/mol. The smallest absolute Gasteiger partial charge is 0.406 e. The molecule has 5 N–H and O–H groups in total. The lowest BCUT2D eigenvalue weighted by Gasteiger charge is -2.14. The molecule has 31 heavy (non-hydrogen) atoms. The quantitative estimate of drug-likeness (QED) is 0.281. The molecule has 0 aliphatic heterocycles. The minimum atomic E-state index is -4.76. The average Bonchev–Trinajstić information content (AvgIpc) is 3.12. The van der Waals surface area contributed by atoms with Gasteiger partial charge in [-0.25, -0.2) is 0 Å². The molecule has 11 heteroatoms. The Morgan fingerprint density at radius 1 is 1.13 bits per heavy atom. The summed E-state index contributed by atoms with van der Waals surface area (Å²) in [7, 11) is 1.79. The molecule has 0 amide bonds. The van der Waals surface area contributed by atoms with Crippen LogP contribution in [0.3, 0.4) is 0 Å². The van der Waals surface area contributed by atoms with Gasteiger partial charge >= 0.3 is 6.36 Å². The second-order valence-electron chi connectivity index (χ2n) is 6.43. The first-order chi connectivity index (χ1) is 14.7. The highest BCUT2D eigenvalue weighted by molar-refractivity contribution is 6.07. The van der Waals surface area contributed by atoms with Crippen molar-refractivity contribution in [3.8, 4) is 5.75 Å². The number of nitrogens with one attached hydrogen (secondary N) is 3. The summed E-state index contributed by atoms with van der Waals surface area (Å²) in [6, 6.07) is 13.7. The van der Waals surface area contributed by atoms with Crippen molar-refractivity contribution in [3.63, 3.8) is 0 Å².